The van der Waals surface area contributed by atoms with E-state index in [1.54, 1.807) is 0 Å². The monoisotopic (exact) mass is 479 g/mol. The van der Waals surface area contributed by atoms with Gasteiger partial charge in [0.1, 0.15) is 0 Å². The van der Waals surface area contributed by atoms with Crippen LogP contribution in [0.15, 0.2) is 24.4 Å². The Bertz CT molecular complexity index is 479. The van der Waals surface area contributed by atoms with Crippen molar-refractivity contribution in [3.8, 4) is 0 Å². The summed E-state index contributed by atoms with van der Waals surface area (Å²) in [4.78, 5) is 8.93. The zero-order valence-electron chi connectivity index (χ0n) is 24.5. The van der Waals surface area contributed by atoms with E-state index in [2.05, 4.69) is 83.3 Å². The molecule has 2 aliphatic rings. The van der Waals surface area contributed by atoms with Crippen LogP contribution in [0.2, 0.25) is 0 Å². The summed E-state index contributed by atoms with van der Waals surface area (Å²) in [6.07, 6.45) is 11.2. The molecule has 1 N–H and O–H groups in total. The smallest absolute Gasteiger partial charge is 0.0558 e. The van der Waals surface area contributed by atoms with E-state index in [1.807, 2.05) is 18.3 Å². The van der Waals surface area contributed by atoms with Crippen molar-refractivity contribution in [1.29, 1.82) is 0 Å². The number of rotatable bonds is 4. The molecule has 0 spiro atoms. The third-order valence-electron chi connectivity index (χ3n) is 4.79. The van der Waals surface area contributed by atoms with Gasteiger partial charge in [-0.3, -0.25) is 4.98 Å². The molecule has 0 atom stereocenters. The second kappa shape index (κ2) is 25.1. The van der Waals surface area contributed by atoms with Gasteiger partial charge in [-0.25, -0.2) is 0 Å². The number of β-amino-alcohol motifs (C(OH)–C–C–N with tert-alkyl or cyclic N) is 1. The first-order valence-corrected chi connectivity index (χ1v) is 14.0. The third-order valence-corrected chi connectivity index (χ3v) is 4.79. The maximum Gasteiger partial charge on any atom is 0.0558 e. The zero-order chi connectivity index (χ0) is 26.2. The molecule has 0 bridgehead atoms. The fraction of sp³-hybridized carbons (Fsp3) is 0.833. The fourth-order valence-corrected chi connectivity index (χ4v) is 3.31. The van der Waals surface area contributed by atoms with Gasteiger partial charge in [0, 0.05) is 18.4 Å². The van der Waals surface area contributed by atoms with Gasteiger partial charge in [-0.1, -0.05) is 74.3 Å². The molecule has 1 aromatic rings. The van der Waals surface area contributed by atoms with Crippen LogP contribution in [0.25, 0.3) is 0 Å². The minimum absolute atomic E-state index is 0.319. The predicted octanol–water partition coefficient (Wildman–Crippen LogP) is 7.17. The van der Waals surface area contributed by atoms with Crippen molar-refractivity contribution in [2.45, 2.75) is 100 Å². The first-order valence-electron chi connectivity index (χ1n) is 14.0. The summed E-state index contributed by atoms with van der Waals surface area (Å²) < 4.78 is 0. The Morgan fingerprint density at radius 1 is 0.765 bits per heavy atom. The van der Waals surface area contributed by atoms with E-state index in [0.717, 1.165) is 24.8 Å². The maximum atomic E-state index is 8.58. The van der Waals surface area contributed by atoms with E-state index in [4.69, 9.17) is 5.11 Å². The van der Waals surface area contributed by atoms with Gasteiger partial charge in [-0.05, 0) is 95.2 Å². The highest BCUT2D eigenvalue weighted by molar-refractivity contribution is 5.03. The van der Waals surface area contributed by atoms with Crippen molar-refractivity contribution < 1.29 is 5.11 Å². The standard InChI is InChI=1S/C9H13N.C7H15NO.C6H13N.2C4H10/c1-8(2)7-9-5-3-4-6-10-9;9-7-6-8-4-2-1-3-5-8;1-7-5-3-2-4-6-7;2*1-4(2)3/h3-6,8H,7H2,1-2H3;9H,1-7H2;2-6H2,1H3;2*4H,1-3H3. The summed E-state index contributed by atoms with van der Waals surface area (Å²) in [5.74, 6) is 2.37. The second-order valence-corrected chi connectivity index (χ2v) is 11.4. The summed E-state index contributed by atoms with van der Waals surface area (Å²) in [7, 11) is 2.19. The first-order chi connectivity index (χ1) is 16.1. The highest BCUT2D eigenvalue weighted by atomic mass is 16.3. The molecule has 4 nitrogen and oxygen atoms in total. The average molecular weight is 480 g/mol. The van der Waals surface area contributed by atoms with Crippen LogP contribution < -0.4 is 0 Å². The van der Waals surface area contributed by atoms with E-state index >= 15 is 0 Å². The van der Waals surface area contributed by atoms with Crippen LogP contribution in [-0.2, 0) is 6.42 Å². The molecule has 2 saturated heterocycles. The van der Waals surface area contributed by atoms with E-state index < -0.39 is 0 Å². The number of aliphatic hydroxyl groups is 1. The molecule has 34 heavy (non-hydrogen) atoms. The Kier molecular flexibility index (Phi) is 26.0. The molecule has 202 valence electrons. The first kappa shape index (κ1) is 35.2. The molecule has 3 heterocycles. The topological polar surface area (TPSA) is 39.6 Å². The summed E-state index contributed by atoms with van der Waals surface area (Å²) in [6.45, 7) is 23.6. The molecule has 2 fully saturated rings. The van der Waals surface area contributed by atoms with Crippen molar-refractivity contribution >= 4 is 0 Å². The van der Waals surface area contributed by atoms with Crippen molar-refractivity contribution in [3.63, 3.8) is 0 Å². The van der Waals surface area contributed by atoms with Crippen LogP contribution in [0.4, 0.5) is 0 Å². The second-order valence-electron chi connectivity index (χ2n) is 11.4. The van der Waals surface area contributed by atoms with Crippen LogP contribution in [-0.4, -0.2) is 66.3 Å². The molecular formula is C30H61N3O. The summed E-state index contributed by atoms with van der Waals surface area (Å²) in [6, 6.07) is 6.05. The number of aliphatic hydroxyl groups excluding tert-OH is 1. The molecule has 0 aliphatic carbocycles. The predicted molar refractivity (Wildman–Crippen MR) is 153 cm³/mol. The molecule has 0 amide bonds. The van der Waals surface area contributed by atoms with E-state index in [9.17, 15) is 0 Å². The van der Waals surface area contributed by atoms with Crippen LogP contribution in [0, 0.1) is 17.8 Å². The molecule has 0 aromatic carbocycles. The number of hydrogen-bond donors (Lipinski definition) is 1. The summed E-state index contributed by atoms with van der Waals surface area (Å²) in [5, 5.41) is 8.58. The minimum Gasteiger partial charge on any atom is -0.395 e. The fourth-order valence-electron chi connectivity index (χ4n) is 3.31. The molecule has 3 rings (SSSR count). The number of hydrogen-bond acceptors (Lipinski definition) is 4. The van der Waals surface area contributed by atoms with Crippen molar-refractivity contribution in [3.05, 3.63) is 30.1 Å². The lowest BCUT2D eigenvalue weighted by Gasteiger charge is -2.25. The molecule has 2 aliphatic heterocycles. The Balaban J connectivity index is 0. The Morgan fingerprint density at radius 2 is 1.24 bits per heavy atom. The lowest BCUT2D eigenvalue weighted by Crippen LogP contribution is -2.31. The van der Waals surface area contributed by atoms with Gasteiger partial charge in [0.2, 0.25) is 0 Å². The van der Waals surface area contributed by atoms with E-state index in [-0.39, 0.29) is 0 Å². The average Bonchev–Trinajstić information content (AvgIpc) is 2.76. The van der Waals surface area contributed by atoms with Crippen molar-refractivity contribution in [2.75, 3.05) is 46.4 Å². The molecule has 1 aromatic heterocycles. The molecule has 4 heteroatoms. The summed E-state index contributed by atoms with van der Waals surface area (Å²) in [5.41, 5.74) is 1.19. The Hall–Kier alpha value is -0.970. The van der Waals surface area contributed by atoms with Crippen LogP contribution >= 0.6 is 0 Å². The van der Waals surface area contributed by atoms with Gasteiger partial charge in [0.25, 0.3) is 0 Å². The number of pyridine rings is 1. The minimum atomic E-state index is 0.319. The molecule has 0 unspecified atom stereocenters. The normalized spacial score (nSPS) is 16.3. The molecule has 0 radical (unpaired) electrons. The van der Waals surface area contributed by atoms with Gasteiger partial charge in [0.15, 0.2) is 0 Å². The van der Waals surface area contributed by atoms with Crippen molar-refractivity contribution in [1.82, 2.24) is 14.8 Å². The Morgan fingerprint density at radius 3 is 1.56 bits per heavy atom. The largest absolute Gasteiger partial charge is 0.395 e. The highest BCUT2D eigenvalue weighted by Gasteiger charge is 2.07. The molecular weight excluding hydrogens is 418 g/mol. The van der Waals surface area contributed by atoms with Gasteiger partial charge < -0.3 is 14.9 Å². The van der Waals surface area contributed by atoms with Gasteiger partial charge in [-0.15, -0.1) is 0 Å². The Labute approximate surface area is 214 Å². The summed E-state index contributed by atoms with van der Waals surface area (Å²) >= 11 is 0. The lowest BCUT2D eigenvalue weighted by atomic mass is 10.1. The number of aromatic nitrogens is 1. The number of likely N-dealkylation sites (tertiary alicyclic amines) is 2. The third kappa shape index (κ3) is 31.0. The van der Waals surface area contributed by atoms with E-state index in [0.29, 0.717) is 12.5 Å². The quantitative estimate of drug-likeness (QED) is 0.497. The van der Waals surface area contributed by atoms with Crippen molar-refractivity contribution in [2.24, 2.45) is 17.8 Å². The van der Waals surface area contributed by atoms with E-state index in [1.165, 1.54) is 70.4 Å². The number of piperidine rings is 2. The molecule has 0 saturated carbocycles. The number of nitrogens with zero attached hydrogens (tertiary/aromatic N) is 3. The maximum absolute atomic E-state index is 8.58. The highest BCUT2D eigenvalue weighted by Crippen LogP contribution is 2.07. The van der Waals surface area contributed by atoms with Gasteiger partial charge >= 0.3 is 0 Å². The van der Waals surface area contributed by atoms with Crippen LogP contribution in [0.3, 0.4) is 0 Å². The lowest BCUT2D eigenvalue weighted by molar-refractivity contribution is 0.173. The van der Waals surface area contributed by atoms with Crippen LogP contribution in [0.5, 0.6) is 0 Å². The van der Waals surface area contributed by atoms with Gasteiger partial charge in [0.05, 0.1) is 6.61 Å². The SMILES string of the molecule is CC(C)C.CC(C)C.CC(C)Cc1ccccn1.CN1CCCCC1.OCCN1CCCCC1. The van der Waals surface area contributed by atoms with Crippen LogP contribution in [0.1, 0.15) is 99.6 Å². The van der Waals surface area contributed by atoms with Gasteiger partial charge in [-0.2, -0.15) is 0 Å². The zero-order valence-corrected chi connectivity index (χ0v) is 24.5.